The van der Waals surface area contributed by atoms with Gasteiger partial charge in [0, 0.05) is 6.54 Å². The summed E-state index contributed by atoms with van der Waals surface area (Å²) in [6.07, 6.45) is 3.84. The smallest absolute Gasteiger partial charge is 0.128 e. The second kappa shape index (κ2) is 3.96. The largest absolute Gasteiger partial charge is 0.397 e. The normalized spacial score (nSPS) is 17.9. The third-order valence-electron chi connectivity index (χ3n) is 3.60. The van der Waals surface area contributed by atoms with E-state index in [4.69, 9.17) is 5.73 Å². The lowest BCUT2D eigenvalue weighted by Gasteiger charge is -2.38. The molecule has 1 aliphatic carbocycles. The molecule has 0 heterocycles. The van der Waals surface area contributed by atoms with E-state index >= 15 is 0 Å². The number of aryl methyl sites for hydroxylation is 1. The number of nitrogens with one attached hydrogen (secondary N) is 1. The van der Waals surface area contributed by atoms with Gasteiger partial charge in [-0.25, -0.2) is 4.39 Å². The zero-order chi connectivity index (χ0) is 11.8. The molecule has 0 spiro atoms. The molecule has 0 aromatic heterocycles. The summed E-state index contributed by atoms with van der Waals surface area (Å²) in [4.78, 5) is 0. The van der Waals surface area contributed by atoms with Gasteiger partial charge >= 0.3 is 0 Å². The first-order chi connectivity index (χ1) is 7.50. The summed E-state index contributed by atoms with van der Waals surface area (Å²) in [5.41, 5.74) is 8.15. The van der Waals surface area contributed by atoms with Crippen LogP contribution in [0.4, 0.5) is 15.8 Å². The minimum absolute atomic E-state index is 0.238. The van der Waals surface area contributed by atoms with E-state index in [9.17, 15) is 4.39 Å². The van der Waals surface area contributed by atoms with Crippen LogP contribution in [0.15, 0.2) is 12.1 Å². The summed E-state index contributed by atoms with van der Waals surface area (Å²) in [6.45, 7) is 4.95. The van der Waals surface area contributed by atoms with Gasteiger partial charge in [0.2, 0.25) is 0 Å². The predicted octanol–water partition coefficient (Wildman–Crippen LogP) is 3.32. The fourth-order valence-corrected chi connectivity index (χ4v) is 2.12. The Morgan fingerprint density at radius 3 is 2.69 bits per heavy atom. The Morgan fingerprint density at radius 1 is 1.44 bits per heavy atom. The molecule has 1 aromatic rings. The highest BCUT2D eigenvalue weighted by atomic mass is 19.1. The zero-order valence-corrected chi connectivity index (χ0v) is 9.94. The first kappa shape index (κ1) is 11.2. The molecule has 0 atom stereocenters. The molecule has 0 amide bonds. The molecule has 16 heavy (non-hydrogen) atoms. The van der Waals surface area contributed by atoms with E-state index in [2.05, 4.69) is 12.2 Å². The highest BCUT2D eigenvalue weighted by Gasteiger charge is 2.31. The minimum atomic E-state index is -0.238. The topological polar surface area (TPSA) is 38.0 Å². The monoisotopic (exact) mass is 222 g/mol. The predicted molar refractivity (Wildman–Crippen MR) is 66.0 cm³/mol. The number of anilines is 2. The molecule has 1 aliphatic rings. The number of benzene rings is 1. The standard InChI is InChI=1S/C13H19FN2/c1-9-6-12(11(15)7-10(9)14)16-8-13(2)4-3-5-13/h6-7,16H,3-5,8,15H2,1-2H3. The van der Waals surface area contributed by atoms with Gasteiger partial charge in [0.15, 0.2) is 0 Å². The van der Waals surface area contributed by atoms with E-state index in [0.29, 0.717) is 16.7 Å². The van der Waals surface area contributed by atoms with Gasteiger partial charge in [-0.15, -0.1) is 0 Å². The van der Waals surface area contributed by atoms with E-state index in [1.54, 1.807) is 13.0 Å². The fraction of sp³-hybridized carbons (Fsp3) is 0.538. The first-order valence-electron chi connectivity index (χ1n) is 5.80. The highest BCUT2D eigenvalue weighted by molar-refractivity contribution is 5.67. The quantitative estimate of drug-likeness (QED) is 0.770. The molecule has 88 valence electrons. The minimum Gasteiger partial charge on any atom is -0.397 e. The van der Waals surface area contributed by atoms with Gasteiger partial charge in [-0.1, -0.05) is 13.3 Å². The second-order valence-corrected chi connectivity index (χ2v) is 5.21. The van der Waals surface area contributed by atoms with Crippen LogP contribution < -0.4 is 11.1 Å². The van der Waals surface area contributed by atoms with Crippen LogP contribution in [0.25, 0.3) is 0 Å². The van der Waals surface area contributed by atoms with Crippen LogP contribution in [0.5, 0.6) is 0 Å². The number of rotatable bonds is 3. The maximum Gasteiger partial charge on any atom is 0.128 e. The van der Waals surface area contributed by atoms with Gasteiger partial charge in [0.25, 0.3) is 0 Å². The number of hydrogen-bond acceptors (Lipinski definition) is 2. The molecular formula is C13H19FN2. The molecule has 0 saturated heterocycles. The number of hydrogen-bond donors (Lipinski definition) is 2. The van der Waals surface area contributed by atoms with Crippen LogP contribution in [0.2, 0.25) is 0 Å². The van der Waals surface area contributed by atoms with Crippen molar-refractivity contribution in [1.82, 2.24) is 0 Å². The van der Waals surface area contributed by atoms with Crippen molar-refractivity contribution in [2.24, 2.45) is 5.41 Å². The van der Waals surface area contributed by atoms with Gasteiger partial charge in [-0.3, -0.25) is 0 Å². The fourth-order valence-electron chi connectivity index (χ4n) is 2.12. The van der Waals surface area contributed by atoms with Crippen molar-refractivity contribution in [1.29, 1.82) is 0 Å². The Bertz CT molecular complexity index is 397. The van der Waals surface area contributed by atoms with E-state index in [1.165, 1.54) is 25.3 Å². The molecule has 1 fully saturated rings. The van der Waals surface area contributed by atoms with Crippen molar-refractivity contribution in [3.63, 3.8) is 0 Å². The molecule has 3 heteroatoms. The van der Waals surface area contributed by atoms with Crippen molar-refractivity contribution < 1.29 is 4.39 Å². The first-order valence-corrected chi connectivity index (χ1v) is 5.80. The zero-order valence-electron chi connectivity index (χ0n) is 9.94. The molecule has 2 nitrogen and oxygen atoms in total. The van der Waals surface area contributed by atoms with Crippen LogP contribution >= 0.6 is 0 Å². The van der Waals surface area contributed by atoms with Gasteiger partial charge in [-0.05, 0) is 42.9 Å². The molecule has 0 aliphatic heterocycles. The molecule has 0 bridgehead atoms. The molecule has 0 radical (unpaired) electrons. The molecule has 3 N–H and O–H groups in total. The maximum absolute atomic E-state index is 13.2. The lowest BCUT2D eigenvalue weighted by atomic mass is 9.70. The van der Waals surface area contributed by atoms with Crippen LogP contribution in [-0.2, 0) is 0 Å². The highest BCUT2D eigenvalue weighted by Crippen LogP contribution is 2.40. The summed E-state index contributed by atoms with van der Waals surface area (Å²) in [7, 11) is 0. The van der Waals surface area contributed by atoms with Crippen LogP contribution in [0.3, 0.4) is 0 Å². The van der Waals surface area contributed by atoms with E-state index in [-0.39, 0.29) is 5.82 Å². The molecule has 1 aromatic carbocycles. The summed E-state index contributed by atoms with van der Waals surface area (Å²) >= 11 is 0. The molecular weight excluding hydrogens is 203 g/mol. The maximum atomic E-state index is 13.2. The van der Waals surface area contributed by atoms with E-state index in [1.807, 2.05) is 0 Å². The summed E-state index contributed by atoms with van der Waals surface area (Å²) in [5, 5.41) is 3.33. The summed E-state index contributed by atoms with van der Waals surface area (Å²) in [6, 6.07) is 3.17. The van der Waals surface area contributed by atoms with E-state index < -0.39 is 0 Å². The Hall–Kier alpha value is -1.25. The second-order valence-electron chi connectivity index (χ2n) is 5.21. The number of halogens is 1. The third-order valence-corrected chi connectivity index (χ3v) is 3.60. The van der Waals surface area contributed by atoms with Crippen LogP contribution in [0, 0.1) is 18.2 Å². The Morgan fingerprint density at radius 2 is 2.12 bits per heavy atom. The average Bonchev–Trinajstić information content (AvgIpc) is 2.19. The lowest BCUT2D eigenvalue weighted by molar-refractivity contribution is 0.180. The molecule has 0 unspecified atom stereocenters. The summed E-state index contributed by atoms with van der Waals surface area (Å²) in [5.74, 6) is -0.238. The van der Waals surface area contributed by atoms with Crippen LogP contribution in [0.1, 0.15) is 31.7 Å². The Balaban J connectivity index is 2.06. The molecule has 2 rings (SSSR count). The SMILES string of the molecule is Cc1cc(NCC2(C)CCC2)c(N)cc1F. The lowest BCUT2D eigenvalue weighted by Crippen LogP contribution is -2.33. The Labute approximate surface area is 96.0 Å². The van der Waals surface area contributed by atoms with Crippen molar-refractivity contribution in [2.75, 3.05) is 17.6 Å². The van der Waals surface area contributed by atoms with Crippen molar-refractivity contribution in [3.05, 3.63) is 23.5 Å². The van der Waals surface area contributed by atoms with Gasteiger partial charge in [0.1, 0.15) is 5.82 Å². The van der Waals surface area contributed by atoms with E-state index in [0.717, 1.165) is 12.2 Å². The number of nitrogens with two attached hydrogens (primary N) is 1. The number of nitrogen functional groups attached to an aromatic ring is 1. The van der Waals surface area contributed by atoms with Gasteiger partial charge in [0.05, 0.1) is 11.4 Å². The van der Waals surface area contributed by atoms with Crippen LogP contribution in [-0.4, -0.2) is 6.54 Å². The molecule has 1 saturated carbocycles. The van der Waals surface area contributed by atoms with Crippen molar-refractivity contribution >= 4 is 11.4 Å². The Kier molecular flexibility index (Phi) is 2.78. The third kappa shape index (κ3) is 2.13. The van der Waals surface area contributed by atoms with Crippen molar-refractivity contribution in [2.45, 2.75) is 33.1 Å². The van der Waals surface area contributed by atoms with Gasteiger partial charge < -0.3 is 11.1 Å². The average molecular weight is 222 g/mol. The van der Waals surface area contributed by atoms with Gasteiger partial charge in [-0.2, -0.15) is 0 Å². The van der Waals surface area contributed by atoms with Crippen molar-refractivity contribution in [3.8, 4) is 0 Å². The summed E-state index contributed by atoms with van der Waals surface area (Å²) < 4.78 is 13.2.